The number of amides is 3. The Hall–Kier alpha value is -4.18. The molecular formula is C37H50N8O2. The van der Waals surface area contributed by atoms with Crippen LogP contribution in [0.5, 0.6) is 0 Å². The molecule has 1 aromatic heterocycles. The first kappa shape index (κ1) is 32.7. The summed E-state index contributed by atoms with van der Waals surface area (Å²) in [4.78, 5) is 41.3. The van der Waals surface area contributed by atoms with Crippen LogP contribution in [0.2, 0.25) is 0 Å². The Morgan fingerprint density at radius 2 is 1.53 bits per heavy atom. The standard InChI is InChI=1S/C35H44N8O2.C2H6/c36-33(44)32-34(38-28-13-11-24(12-14-28)25-15-18-41(19-16-25)30-9-3-4-10-30)40-31(20-37-32)42-17-5-8-29(23-42)39-35(45)43-21-26-6-1-2-7-27(26)22-43;1-2/h1-2,6-7,11-14,20,25,29-30H,3-5,8-10,15-19,21-23H2,(H2,36,44)(H,38,40)(H,39,45);1-2H3/t29-;/m1./s1. The number of primary amides is 1. The van der Waals surface area contributed by atoms with Crippen molar-refractivity contribution in [3.8, 4) is 0 Å². The predicted octanol–water partition coefficient (Wildman–Crippen LogP) is 6.16. The van der Waals surface area contributed by atoms with Crippen LogP contribution in [0.3, 0.4) is 0 Å². The second-order valence-electron chi connectivity index (χ2n) is 13.1. The lowest BCUT2D eigenvalue weighted by Gasteiger charge is -2.36. The summed E-state index contributed by atoms with van der Waals surface area (Å²) in [5.41, 5.74) is 10.4. The summed E-state index contributed by atoms with van der Waals surface area (Å²) in [6, 6.07) is 17.4. The zero-order chi connectivity index (χ0) is 32.8. The monoisotopic (exact) mass is 638 g/mol. The van der Waals surface area contributed by atoms with Gasteiger partial charge >= 0.3 is 6.03 Å². The number of carbonyl (C=O) groups excluding carboxylic acids is 2. The highest BCUT2D eigenvalue weighted by Crippen LogP contribution is 2.33. The molecule has 4 heterocycles. The summed E-state index contributed by atoms with van der Waals surface area (Å²) in [6.07, 6.45) is 11.3. The van der Waals surface area contributed by atoms with Gasteiger partial charge in [-0.2, -0.15) is 0 Å². The Kier molecular flexibility index (Phi) is 10.6. The first-order valence-electron chi connectivity index (χ1n) is 17.7. The van der Waals surface area contributed by atoms with Gasteiger partial charge in [0, 0.05) is 44.0 Å². The lowest BCUT2D eigenvalue weighted by atomic mass is 9.88. The van der Waals surface area contributed by atoms with Gasteiger partial charge < -0.3 is 31.1 Å². The summed E-state index contributed by atoms with van der Waals surface area (Å²) in [5, 5.41) is 6.54. The topological polar surface area (TPSA) is 120 Å². The van der Waals surface area contributed by atoms with Crippen LogP contribution in [0.25, 0.3) is 0 Å². The maximum absolute atomic E-state index is 13.1. The smallest absolute Gasteiger partial charge is 0.318 e. The molecule has 10 nitrogen and oxygen atoms in total. The molecule has 2 saturated heterocycles. The molecule has 3 aliphatic heterocycles. The van der Waals surface area contributed by atoms with Gasteiger partial charge in [0.1, 0.15) is 5.82 Å². The Balaban J connectivity index is 0.00000190. The van der Waals surface area contributed by atoms with E-state index in [2.05, 4.69) is 61.8 Å². The third-order valence-corrected chi connectivity index (χ3v) is 10.2. The van der Waals surface area contributed by atoms with Crippen molar-refractivity contribution in [2.75, 3.05) is 36.4 Å². The minimum Gasteiger partial charge on any atom is -0.364 e. The second-order valence-corrected chi connectivity index (χ2v) is 13.1. The molecule has 10 heteroatoms. The molecule has 47 heavy (non-hydrogen) atoms. The third-order valence-electron chi connectivity index (χ3n) is 10.2. The normalized spacial score (nSPS) is 20.3. The minimum absolute atomic E-state index is 0.0124. The molecule has 0 radical (unpaired) electrons. The number of fused-ring (bicyclic) bond motifs is 1. The quantitative estimate of drug-likeness (QED) is 0.284. The van der Waals surface area contributed by atoms with Crippen LogP contribution < -0.4 is 21.3 Å². The average Bonchev–Trinajstić information content (AvgIpc) is 3.81. The number of hydrogen-bond donors (Lipinski definition) is 3. The van der Waals surface area contributed by atoms with Crippen LogP contribution in [0.1, 0.15) is 98.3 Å². The van der Waals surface area contributed by atoms with Crippen LogP contribution in [0, 0.1) is 0 Å². The number of anilines is 3. The van der Waals surface area contributed by atoms with Gasteiger partial charge in [-0.25, -0.2) is 14.8 Å². The molecule has 0 bridgehead atoms. The van der Waals surface area contributed by atoms with E-state index in [9.17, 15) is 9.59 Å². The number of nitrogens with zero attached hydrogens (tertiary/aromatic N) is 5. The Morgan fingerprint density at radius 3 is 2.19 bits per heavy atom. The van der Waals surface area contributed by atoms with Gasteiger partial charge in [0.25, 0.3) is 5.91 Å². The molecule has 3 fully saturated rings. The molecule has 4 aliphatic rings. The summed E-state index contributed by atoms with van der Waals surface area (Å²) in [7, 11) is 0. The predicted molar refractivity (Wildman–Crippen MR) is 187 cm³/mol. The van der Waals surface area contributed by atoms with Gasteiger partial charge in [-0.15, -0.1) is 0 Å². The first-order valence-corrected chi connectivity index (χ1v) is 17.7. The van der Waals surface area contributed by atoms with Gasteiger partial charge in [-0.3, -0.25) is 4.79 Å². The largest absolute Gasteiger partial charge is 0.364 e. The lowest BCUT2D eigenvalue weighted by Crippen LogP contribution is -2.51. The van der Waals surface area contributed by atoms with E-state index in [-0.39, 0.29) is 17.8 Å². The van der Waals surface area contributed by atoms with Crippen LogP contribution in [0.15, 0.2) is 54.7 Å². The van der Waals surface area contributed by atoms with E-state index in [4.69, 9.17) is 10.7 Å². The molecular weight excluding hydrogens is 588 g/mol. The van der Waals surface area contributed by atoms with Gasteiger partial charge in [0.2, 0.25) is 0 Å². The first-order chi connectivity index (χ1) is 23.0. The van der Waals surface area contributed by atoms with E-state index in [1.807, 2.05) is 30.9 Å². The number of piperidine rings is 2. The van der Waals surface area contributed by atoms with Crippen LogP contribution in [0.4, 0.5) is 22.1 Å². The second kappa shape index (κ2) is 15.2. The number of hydrogen-bond acceptors (Lipinski definition) is 7. The highest BCUT2D eigenvalue weighted by atomic mass is 16.2. The highest BCUT2D eigenvalue weighted by molar-refractivity contribution is 5.96. The van der Waals surface area contributed by atoms with Crippen LogP contribution in [-0.2, 0) is 13.1 Å². The molecule has 2 aromatic carbocycles. The fourth-order valence-corrected chi connectivity index (χ4v) is 7.69. The van der Waals surface area contributed by atoms with E-state index in [1.165, 1.54) is 68.3 Å². The number of rotatable bonds is 7. The van der Waals surface area contributed by atoms with Crippen molar-refractivity contribution < 1.29 is 9.59 Å². The molecule has 1 saturated carbocycles. The van der Waals surface area contributed by atoms with Gasteiger partial charge in [0.15, 0.2) is 11.5 Å². The Morgan fingerprint density at radius 1 is 0.851 bits per heavy atom. The number of aromatic nitrogens is 2. The van der Waals surface area contributed by atoms with Crippen molar-refractivity contribution in [2.45, 2.75) is 96.3 Å². The Bertz CT molecular complexity index is 1490. The molecule has 250 valence electrons. The molecule has 7 rings (SSSR count). The summed E-state index contributed by atoms with van der Waals surface area (Å²) in [6.45, 7) is 9.05. The molecule has 1 aliphatic carbocycles. The van der Waals surface area contributed by atoms with Gasteiger partial charge in [0.05, 0.1) is 6.20 Å². The van der Waals surface area contributed by atoms with Crippen molar-refractivity contribution in [2.24, 2.45) is 5.73 Å². The van der Waals surface area contributed by atoms with E-state index in [1.54, 1.807) is 6.20 Å². The molecule has 4 N–H and O–H groups in total. The zero-order valence-corrected chi connectivity index (χ0v) is 28.0. The molecule has 0 unspecified atom stereocenters. The fourth-order valence-electron chi connectivity index (χ4n) is 7.69. The van der Waals surface area contributed by atoms with Crippen molar-refractivity contribution in [1.82, 2.24) is 25.1 Å². The zero-order valence-electron chi connectivity index (χ0n) is 28.0. The van der Waals surface area contributed by atoms with E-state index >= 15 is 0 Å². The number of benzene rings is 2. The number of urea groups is 1. The van der Waals surface area contributed by atoms with Crippen molar-refractivity contribution >= 4 is 29.3 Å². The maximum Gasteiger partial charge on any atom is 0.318 e. The van der Waals surface area contributed by atoms with E-state index in [0.717, 1.165) is 31.1 Å². The SMILES string of the molecule is CC.NC(=O)c1ncc(N2CCC[C@@H](NC(=O)N3Cc4ccccc4C3)C2)nc1Nc1ccc(C2CCN(C3CCCC3)CC2)cc1. The van der Waals surface area contributed by atoms with Crippen molar-refractivity contribution in [3.63, 3.8) is 0 Å². The van der Waals surface area contributed by atoms with Crippen molar-refractivity contribution in [3.05, 3.63) is 77.1 Å². The molecule has 3 aromatic rings. The summed E-state index contributed by atoms with van der Waals surface area (Å²) in [5.74, 6) is 0.950. The number of likely N-dealkylation sites (tertiary alicyclic amines) is 1. The van der Waals surface area contributed by atoms with Crippen molar-refractivity contribution in [1.29, 1.82) is 0 Å². The fraction of sp³-hybridized carbons (Fsp3) is 0.514. The molecule has 1 atom stereocenters. The van der Waals surface area contributed by atoms with Crippen LogP contribution >= 0.6 is 0 Å². The van der Waals surface area contributed by atoms with Crippen LogP contribution in [-0.4, -0.2) is 70.0 Å². The van der Waals surface area contributed by atoms with Gasteiger partial charge in [-0.05, 0) is 86.4 Å². The lowest BCUT2D eigenvalue weighted by molar-refractivity contribution is 0.0996. The highest BCUT2D eigenvalue weighted by Gasteiger charge is 2.29. The van der Waals surface area contributed by atoms with E-state index < -0.39 is 5.91 Å². The number of nitrogens with two attached hydrogens (primary N) is 1. The number of nitrogens with one attached hydrogen (secondary N) is 2. The average molecular weight is 639 g/mol. The summed E-state index contributed by atoms with van der Waals surface area (Å²) < 4.78 is 0. The minimum atomic E-state index is -0.627. The summed E-state index contributed by atoms with van der Waals surface area (Å²) >= 11 is 0. The third kappa shape index (κ3) is 7.70. The molecule has 0 spiro atoms. The van der Waals surface area contributed by atoms with E-state index in [0.29, 0.717) is 37.2 Å². The number of carbonyl (C=O) groups is 2. The molecule has 3 amide bonds. The maximum atomic E-state index is 13.1. The Labute approximate surface area is 279 Å². The van der Waals surface area contributed by atoms with Gasteiger partial charge in [-0.1, -0.05) is 63.1 Å².